The zero-order valence-electron chi connectivity index (χ0n) is 30.9. The Labute approximate surface area is 312 Å². The number of hydrogen-bond donors (Lipinski definition) is 3. The Bertz CT molecular complexity index is 2070. The fraction of sp³-hybridized carbons (Fsp3) is 0.605. The minimum atomic E-state index is -4.04. The number of hydrogen-bond acceptors (Lipinski definition) is 8. The summed E-state index contributed by atoms with van der Waals surface area (Å²) >= 11 is 0. The normalized spacial score (nSPS) is 29.9. The van der Waals surface area contributed by atoms with Crippen LogP contribution in [0.25, 0.3) is 10.9 Å². The van der Waals surface area contributed by atoms with Crippen molar-refractivity contribution in [3.8, 4) is 5.75 Å². The highest BCUT2D eigenvalue weighted by Crippen LogP contribution is 2.49. The molecule has 3 aliphatic heterocycles. The summed E-state index contributed by atoms with van der Waals surface area (Å²) in [5.41, 5.74) is -1.46. The number of nitrogens with zero attached hydrogens (tertiary/aromatic N) is 3. The maximum absolute atomic E-state index is 14.8. The summed E-state index contributed by atoms with van der Waals surface area (Å²) in [7, 11) is -4.04. The third-order valence-electron chi connectivity index (χ3n) is 12.1. The van der Waals surface area contributed by atoms with E-state index >= 15 is 0 Å². The van der Waals surface area contributed by atoms with Gasteiger partial charge in [-0.25, -0.2) is 27.0 Å². The third-order valence-corrected chi connectivity index (χ3v) is 14.3. The highest BCUT2D eigenvalue weighted by atomic mass is 32.2. The lowest BCUT2D eigenvalue weighted by molar-refractivity contribution is -0.144. The van der Waals surface area contributed by atoms with Gasteiger partial charge in [0.2, 0.25) is 21.8 Å². The highest BCUT2D eigenvalue weighted by Gasteiger charge is 2.64. The van der Waals surface area contributed by atoms with E-state index in [4.69, 9.17) is 4.74 Å². The molecule has 2 aromatic rings. The first-order valence-electron chi connectivity index (χ1n) is 18.8. The molecular weight excluding hydrogens is 725 g/mol. The molecule has 292 valence electrons. The molecule has 5 atom stereocenters. The van der Waals surface area contributed by atoms with Gasteiger partial charge < -0.3 is 20.1 Å². The van der Waals surface area contributed by atoms with Crippen molar-refractivity contribution >= 4 is 44.7 Å². The van der Waals surface area contributed by atoms with E-state index < -0.39 is 85.4 Å². The van der Waals surface area contributed by atoms with Gasteiger partial charge in [-0.3, -0.25) is 24.0 Å². The van der Waals surface area contributed by atoms with Gasteiger partial charge in [0, 0.05) is 35.4 Å². The predicted octanol–water partition coefficient (Wildman–Crippen LogP) is 4.64. The monoisotopic (exact) mass is 771 g/mol. The molecule has 5 aliphatic rings. The first-order chi connectivity index (χ1) is 25.4. The molecule has 4 amide bonds. The highest BCUT2D eigenvalue weighted by molar-refractivity contribution is 7.91. The molecule has 1 spiro atoms. The number of halogens is 2. The van der Waals surface area contributed by atoms with Crippen LogP contribution in [0.3, 0.4) is 0 Å². The molecule has 13 nitrogen and oxygen atoms in total. The fourth-order valence-electron chi connectivity index (χ4n) is 8.51. The Morgan fingerprint density at radius 1 is 1.11 bits per heavy atom. The van der Waals surface area contributed by atoms with Gasteiger partial charge in [0.25, 0.3) is 5.91 Å². The smallest absolute Gasteiger partial charge is 0.408 e. The quantitative estimate of drug-likeness (QED) is 0.366. The molecule has 16 heteroatoms. The van der Waals surface area contributed by atoms with Crippen LogP contribution in [-0.4, -0.2) is 92.7 Å². The number of benzene rings is 1. The molecule has 7 rings (SSSR count). The van der Waals surface area contributed by atoms with Crippen molar-refractivity contribution < 1.29 is 46.2 Å². The fourth-order valence-corrected chi connectivity index (χ4v) is 9.82. The molecule has 3 fully saturated rings. The summed E-state index contributed by atoms with van der Waals surface area (Å²) in [6.45, 7) is 6.49. The summed E-state index contributed by atoms with van der Waals surface area (Å²) in [5, 5.41) is 13.6. The van der Waals surface area contributed by atoms with Crippen molar-refractivity contribution in [2.24, 2.45) is 5.92 Å². The van der Waals surface area contributed by atoms with Crippen LogP contribution in [0.4, 0.5) is 13.6 Å². The molecule has 0 bridgehead atoms. The summed E-state index contributed by atoms with van der Waals surface area (Å²) in [6, 6.07) is -0.792. The second-order valence-corrected chi connectivity index (χ2v) is 18.5. The molecule has 3 N–H and O–H groups in total. The lowest BCUT2D eigenvalue weighted by Crippen LogP contribution is -2.59. The van der Waals surface area contributed by atoms with Crippen LogP contribution in [0.2, 0.25) is 0 Å². The zero-order valence-corrected chi connectivity index (χ0v) is 31.7. The molecule has 2 saturated carbocycles. The van der Waals surface area contributed by atoms with Gasteiger partial charge >= 0.3 is 6.09 Å². The van der Waals surface area contributed by atoms with Crippen LogP contribution in [0.1, 0.15) is 96.2 Å². The number of nitrogens with one attached hydrogen (secondary N) is 2. The van der Waals surface area contributed by atoms with E-state index in [1.807, 2.05) is 12.2 Å². The zero-order chi connectivity index (χ0) is 39.0. The van der Waals surface area contributed by atoms with Crippen LogP contribution in [0.15, 0.2) is 24.3 Å². The molecule has 0 unspecified atom stereocenters. The molecular formula is C38H47F2N5O8S. The average molecular weight is 772 g/mol. The Hall–Kier alpha value is -4.34. The van der Waals surface area contributed by atoms with Crippen molar-refractivity contribution in [3.63, 3.8) is 0 Å². The second kappa shape index (κ2) is 13.4. The minimum absolute atomic E-state index is 0.0324. The first-order valence-corrected chi connectivity index (χ1v) is 20.2. The maximum Gasteiger partial charge on any atom is 0.408 e. The number of aryl methyl sites for hydroxylation is 2. The van der Waals surface area contributed by atoms with E-state index in [2.05, 4.69) is 15.0 Å². The number of amides is 4. The lowest BCUT2D eigenvalue weighted by atomic mass is 9.87. The second-order valence-electron chi connectivity index (χ2n) is 16.3. The molecule has 1 aromatic heterocycles. The van der Waals surface area contributed by atoms with E-state index in [1.165, 1.54) is 4.90 Å². The Kier molecular flexibility index (Phi) is 9.45. The van der Waals surface area contributed by atoms with Crippen LogP contribution in [0.5, 0.6) is 5.75 Å². The minimum Gasteiger partial charge on any atom is -0.483 e. The van der Waals surface area contributed by atoms with Gasteiger partial charge in [-0.1, -0.05) is 25.0 Å². The van der Waals surface area contributed by atoms with Gasteiger partial charge in [-0.05, 0) is 85.1 Å². The van der Waals surface area contributed by atoms with Gasteiger partial charge in [0.05, 0.1) is 22.5 Å². The number of carbonyl (C=O) groups is 4. The largest absolute Gasteiger partial charge is 0.483 e. The Balaban J connectivity index is 1.27. The van der Waals surface area contributed by atoms with Gasteiger partial charge in [0.1, 0.15) is 29.0 Å². The number of sulfonamides is 1. The molecule has 4 heterocycles. The third kappa shape index (κ3) is 6.57. The van der Waals surface area contributed by atoms with Crippen molar-refractivity contribution in [2.75, 3.05) is 6.54 Å². The van der Waals surface area contributed by atoms with Crippen LogP contribution < -0.4 is 14.8 Å². The number of ether oxygens (including phenoxy) is 1. The Morgan fingerprint density at radius 3 is 2.52 bits per heavy atom. The van der Waals surface area contributed by atoms with Crippen LogP contribution in [0, 0.1) is 24.5 Å². The van der Waals surface area contributed by atoms with E-state index in [0.29, 0.717) is 60.9 Å². The summed E-state index contributed by atoms with van der Waals surface area (Å²) in [5.74, 6) is -4.33. The SMILES string of the molecule is Cc1nc2cc(F)c(F)cc2c2c1O[C@]1(CC2)C[C@H]2C(=O)N[C@]3(C(=O)NS(=O)(=O)C4(C)CC4)C[C@H]3/C=C\CCCCC[C@H](N(C(=O)O)C(C)C)C(=O)N2C1. The first kappa shape index (κ1) is 38.0. The Morgan fingerprint density at radius 2 is 1.83 bits per heavy atom. The summed E-state index contributed by atoms with van der Waals surface area (Å²) in [4.78, 5) is 62.8. The standard InChI is InChI=1S/C38H47F2N5O8S/c1-21(2)45(35(49)50)29-11-9-7-5-6-8-10-23-18-38(23,34(48)43-54(51,52)36(4)14-15-36)42-32(46)30-19-37(20-44(30)33(29)47)13-12-24-25-16-26(39)27(40)17-28(25)41-22(3)31(24)53-37/h8,10,16-17,21,23,29-30H,5-7,9,11-15,18-20H2,1-4H3,(H,42,46)(H,43,48)(H,49,50)/b10-8-/t23-,29+,30+,37-,38-/m1/s1. The topological polar surface area (TPSA) is 175 Å². The van der Waals surface area contributed by atoms with E-state index in [0.717, 1.165) is 23.5 Å². The lowest BCUT2D eigenvalue weighted by Gasteiger charge is -2.38. The van der Waals surface area contributed by atoms with E-state index in [9.17, 15) is 41.5 Å². The predicted molar refractivity (Wildman–Crippen MR) is 193 cm³/mol. The number of aromatic nitrogens is 1. The van der Waals surface area contributed by atoms with Gasteiger partial charge in [0.15, 0.2) is 11.6 Å². The molecule has 1 aromatic carbocycles. The number of carbonyl (C=O) groups excluding carboxylic acids is 3. The van der Waals surface area contributed by atoms with Gasteiger partial charge in [-0.15, -0.1) is 0 Å². The number of carboxylic acid groups (broad SMARTS) is 1. The molecule has 54 heavy (non-hydrogen) atoms. The summed E-state index contributed by atoms with van der Waals surface area (Å²) in [6.07, 6.45) is 6.83. The molecule has 1 saturated heterocycles. The van der Waals surface area contributed by atoms with Crippen molar-refractivity contribution in [3.05, 3.63) is 47.2 Å². The van der Waals surface area contributed by atoms with Crippen molar-refractivity contribution in [1.82, 2.24) is 24.8 Å². The number of fused-ring (bicyclic) bond motifs is 5. The maximum atomic E-state index is 14.8. The number of allylic oxidation sites excluding steroid dienone is 1. The average Bonchev–Trinajstić information content (AvgIpc) is 3.99. The van der Waals surface area contributed by atoms with Crippen molar-refractivity contribution in [1.29, 1.82) is 0 Å². The molecule has 2 aliphatic carbocycles. The van der Waals surface area contributed by atoms with Crippen molar-refractivity contribution in [2.45, 2.75) is 132 Å². The number of pyridine rings is 1. The van der Waals surface area contributed by atoms with E-state index in [-0.39, 0.29) is 37.7 Å². The molecule has 0 radical (unpaired) electrons. The number of rotatable bonds is 5. The van der Waals surface area contributed by atoms with Crippen LogP contribution >= 0.6 is 0 Å². The van der Waals surface area contributed by atoms with E-state index in [1.54, 1.807) is 27.7 Å². The summed E-state index contributed by atoms with van der Waals surface area (Å²) < 4.78 is 62.7. The van der Waals surface area contributed by atoms with Crippen LogP contribution in [-0.2, 0) is 30.8 Å². The van der Waals surface area contributed by atoms with Gasteiger partial charge in [-0.2, -0.15) is 0 Å².